The van der Waals surface area contributed by atoms with Gasteiger partial charge in [-0.15, -0.1) is 0 Å². The van der Waals surface area contributed by atoms with Gasteiger partial charge in [0.15, 0.2) is 0 Å². The van der Waals surface area contributed by atoms with Gasteiger partial charge in [0.05, 0.1) is 12.1 Å². The van der Waals surface area contributed by atoms with Crippen molar-refractivity contribution in [3.63, 3.8) is 0 Å². The maximum Gasteiger partial charge on any atom is 0.256 e. The molecule has 0 saturated heterocycles. The van der Waals surface area contributed by atoms with Gasteiger partial charge < -0.3 is 20.1 Å². The first-order valence-corrected chi connectivity index (χ1v) is 8.56. The van der Waals surface area contributed by atoms with Gasteiger partial charge in [0.1, 0.15) is 11.4 Å². The predicted octanol–water partition coefficient (Wildman–Crippen LogP) is 2.82. The van der Waals surface area contributed by atoms with Crippen molar-refractivity contribution in [1.82, 2.24) is 9.55 Å². The van der Waals surface area contributed by atoms with Crippen LogP contribution in [0.5, 0.6) is 0 Å². The number of fused-ring (bicyclic) bond motifs is 1. The van der Waals surface area contributed by atoms with E-state index in [0.717, 1.165) is 23.0 Å². The van der Waals surface area contributed by atoms with E-state index in [2.05, 4.69) is 28.0 Å². The molecule has 1 unspecified atom stereocenters. The average molecular weight is 353 g/mol. The number of carbonyl (C=O) groups excluding carboxylic acids is 1. The molecule has 6 heteroatoms. The molecule has 3 N–H and O–H groups in total. The van der Waals surface area contributed by atoms with Gasteiger partial charge in [-0.3, -0.25) is 4.79 Å². The molecule has 136 valence electrons. The van der Waals surface area contributed by atoms with Crippen LogP contribution in [0.2, 0.25) is 0 Å². The molecule has 0 saturated carbocycles. The maximum absolute atomic E-state index is 12.5. The summed E-state index contributed by atoms with van der Waals surface area (Å²) in [6, 6.07) is 8.37. The first-order chi connectivity index (χ1) is 12.4. The van der Waals surface area contributed by atoms with Gasteiger partial charge in [-0.2, -0.15) is 0 Å². The Balaban J connectivity index is 1.82. The Morgan fingerprint density at radius 2 is 2.00 bits per heavy atom. The van der Waals surface area contributed by atoms with E-state index in [1.807, 2.05) is 13.0 Å². The Labute approximate surface area is 152 Å². The molecule has 1 amide bonds. The van der Waals surface area contributed by atoms with Crippen LogP contribution in [0.1, 0.15) is 35.3 Å². The van der Waals surface area contributed by atoms with Crippen molar-refractivity contribution in [2.24, 2.45) is 0 Å². The van der Waals surface area contributed by atoms with Crippen LogP contribution < -0.4 is 5.32 Å². The van der Waals surface area contributed by atoms with Crippen LogP contribution in [0, 0.1) is 6.92 Å². The molecule has 0 aliphatic carbocycles. The third-order valence-corrected chi connectivity index (χ3v) is 4.63. The van der Waals surface area contributed by atoms with E-state index >= 15 is 0 Å². The predicted molar refractivity (Wildman–Crippen MR) is 101 cm³/mol. The zero-order valence-corrected chi connectivity index (χ0v) is 15.2. The van der Waals surface area contributed by atoms with E-state index in [1.54, 1.807) is 30.5 Å². The molecule has 3 rings (SSSR count). The van der Waals surface area contributed by atoms with Crippen LogP contribution in [0.4, 0.5) is 5.82 Å². The first kappa shape index (κ1) is 18.1. The maximum atomic E-state index is 12.5. The number of benzene rings is 1. The summed E-state index contributed by atoms with van der Waals surface area (Å²) < 4.78 is 2.12. The summed E-state index contributed by atoms with van der Waals surface area (Å²) in [6.45, 7) is 6.08. The lowest BCUT2D eigenvalue weighted by atomic mass is 9.96. The summed E-state index contributed by atoms with van der Waals surface area (Å²) in [7, 11) is 0. The van der Waals surface area contributed by atoms with Crippen molar-refractivity contribution in [2.45, 2.75) is 32.9 Å². The molecule has 2 heterocycles. The van der Waals surface area contributed by atoms with Crippen LogP contribution in [-0.2, 0) is 12.1 Å². The summed E-state index contributed by atoms with van der Waals surface area (Å²) in [5.74, 6) is 0.208. The van der Waals surface area contributed by atoms with Gasteiger partial charge in [0.25, 0.3) is 5.91 Å². The second kappa shape index (κ2) is 6.90. The van der Waals surface area contributed by atoms with E-state index in [1.165, 1.54) is 6.92 Å². The smallest absolute Gasteiger partial charge is 0.256 e. The molecule has 0 aliphatic heterocycles. The third kappa shape index (κ3) is 3.34. The standard InChI is InChI=1S/C20H23N3O3/c1-4-23-11-13(2)16-10-21-18(9-17(16)23)22-19(25)14-5-7-15(8-6-14)20(3,26)12-24/h5-11,24,26H,4,12H2,1-3H3,(H,21,22,25). The third-order valence-electron chi connectivity index (χ3n) is 4.63. The van der Waals surface area contributed by atoms with Crippen molar-refractivity contribution in [1.29, 1.82) is 0 Å². The zero-order valence-electron chi connectivity index (χ0n) is 15.2. The molecule has 0 spiro atoms. The Kier molecular flexibility index (Phi) is 4.80. The number of anilines is 1. The van der Waals surface area contributed by atoms with Gasteiger partial charge in [0.2, 0.25) is 0 Å². The van der Waals surface area contributed by atoms with E-state index in [4.69, 9.17) is 0 Å². The molecule has 3 aromatic rings. The Morgan fingerprint density at radius 1 is 1.31 bits per heavy atom. The normalized spacial score (nSPS) is 13.6. The van der Waals surface area contributed by atoms with E-state index in [-0.39, 0.29) is 12.5 Å². The van der Waals surface area contributed by atoms with E-state index in [9.17, 15) is 15.0 Å². The number of nitrogens with zero attached hydrogens (tertiary/aromatic N) is 2. The SMILES string of the molecule is CCn1cc(C)c2cnc(NC(=O)c3ccc(C(C)(O)CO)cc3)cc21. The van der Waals surface area contributed by atoms with E-state index < -0.39 is 5.60 Å². The highest BCUT2D eigenvalue weighted by Crippen LogP contribution is 2.23. The molecule has 6 nitrogen and oxygen atoms in total. The second-order valence-corrected chi connectivity index (χ2v) is 6.65. The van der Waals surface area contributed by atoms with Crippen LogP contribution in [0.3, 0.4) is 0 Å². The number of carbonyl (C=O) groups is 1. The van der Waals surface area contributed by atoms with Crippen LogP contribution in [-0.4, -0.2) is 32.3 Å². The van der Waals surface area contributed by atoms with Crippen LogP contribution in [0.25, 0.3) is 10.9 Å². The van der Waals surface area contributed by atoms with E-state index in [0.29, 0.717) is 16.9 Å². The number of aromatic nitrogens is 2. The Hall–Kier alpha value is -2.70. The molecular formula is C20H23N3O3. The van der Waals surface area contributed by atoms with Crippen molar-refractivity contribution in [3.05, 3.63) is 59.4 Å². The number of aliphatic hydroxyl groups is 2. The first-order valence-electron chi connectivity index (χ1n) is 8.56. The fraction of sp³-hybridized carbons (Fsp3) is 0.300. The number of hydrogen-bond donors (Lipinski definition) is 3. The molecule has 26 heavy (non-hydrogen) atoms. The average Bonchev–Trinajstić information content (AvgIpc) is 2.97. The Bertz CT molecular complexity index is 943. The largest absolute Gasteiger partial charge is 0.393 e. The van der Waals surface area contributed by atoms with Gasteiger partial charge in [0, 0.05) is 36.0 Å². The molecule has 1 aromatic carbocycles. The second-order valence-electron chi connectivity index (χ2n) is 6.65. The topological polar surface area (TPSA) is 87.4 Å². The number of amides is 1. The summed E-state index contributed by atoms with van der Waals surface area (Å²) in [4.78, 5) is 16.8. The van der Waals surface area contributed by atoms with Crippen molar-refractivity contribution in [2.75, 3.05) is 11.9 Å². The summed E-state index contributed by atoms with van der Waals surface area (Å²) in [5.41, 5.74) is 1.85. The number of aliphatic hydroxyl groups excluding tert-OH is 1. The van der Waals surface area contributed by atoms with Crippen molar-refractivity contribution in [3.8, 4) is 0 Å². The molecule has 1 atom stereocenters. The lowest BCUT2D eigenvalue weighted by molar-refractivity contribution is -0.00229. The number of nitrogens with one attached hydrogen (secondary N) is 1. The molecule has 0 aliphatic rings. The monoisotopic (exact) mass is 353 g/mol. The van der Waals surface area contributed by atoms with Gasteiger partial charge in [-0.05, 0) is 44.0 Å². The highest BCUT2D eigenvalue weighted by molar-refractivity contribution is 6.04. The lowest BCUT2D eigenvalue weighted by Gasteiger charge is -2.20. The minimum absolute atomic E-state index is 0.279. The summed E-state index contributed by atoms with van der Waals surface area (Å²) in [5, 5.41) is 23.1. The van der Waals surface area contributed by atoms with Crippen molar-refractivity contribution >= 4 is 22.6 Å². The highest BCUT2D eigenvalue weighted by atomic mass is 16.3. The number of pyridine rings is 1. The fourth-order valence-electron chi connectivity index (χ4n) is 2.95. The molecule has 0 fully saturated rings. The summed E-state index contributed by atoms with van der Waals surface area (Å²) in [6.07, 6.45) is 3.84. The molecule has 2 aromatic heterocycles. The number of aryl methyl sites for hydroxylation is 2. The zero-order chi connectivity index (χ0) is 18.9. The molecular weight excluding hydrogens is 330 g/mol. The van der Waals surface area contributed by atoms with Gasteiger partial charge in [-0.1, -0.05) is 12.1 Å². The molecule has 0 bridgehead atoms. The minimum atomic E-state index is -1.33. The quantitative estimate of drug-likeness (QED) is 0.658. The van der Waals surface area contributed by atoms with Crippen LogP contribution >= 0.6 is 0 Å². The van der Waals surface area contributed by atoms with Gasteiger partial charge in [-0.25, -0.2) is 4.98 Å². The highest BCUT2D eigenvalue weighted by Gasteiger charge is 2.22. The minimum Gasteiger partial charge on any atom is -0.393 e. The molecule has 0 radical (unpaired) electrons. The van der Waals surface area contributed by atoms with Gasteiger partial charge >= 0.3 is 0 Å². The summed E-state index contributed by atoms with van der Waals surface area (Å²) >= 11 is 0. The Morgan fingerprint density at radius 3 is 2.62 bits per heavy atom. The lowest BCUT2D eigenvalue weighted by Crippen LogP contribution is -2.25. The number of rotatable bonds is 5. The van der Waals surface area contributed by atoms with Crippen LogP contribution in [0.15, 0.2) is 42.7 Å². The van der Waals surface area contributed by atoms with Crippen molar-refractivity contribution < 1.29 is 15.0 Å². The number of hydrogen-bond acceptors (Lipinski definition) is 4. The fourth-order valence-corrected chi connectivity index (χ4v) is 2.95.